The fourth-order valence-corrected chi connectivity index (χ4v) is 1.18. The van der Waals surface area contributed by atoms with Crippen LogP contribution in [0.3, 0.4) is 0 Å². The molecular weight excluding hydrogens is 145 g/mol. The minimum atomic E-state index is -1.84. The predicted molar refractivity (Wildman–Crippen MR) is 33.1 cm³/mol. The Hall–Kier alpha value is -0.300. The molecule has 0 aromatic carbocycles. The third-order valence-electron chi connectivity index (χ3n) is 0.686. The molecule has 52 valence electrons. The van der Waals surface area contributed by atoms with E-state index in [1.807, 2.05) is 0 Å². The molecular formula is C5H8F2OP+. The lowest BCUT2D eigenvalue weighted by atomic mass is 10.6. The van der Waals surface area contributed by atoms with E-state index in [1.54, 1.807) is 6.92 Å². The van der Waals surface area contributed by atoms with E-state index in [0.29, 0.717) is 18.4 Å². The van der Waals surface area contributed by atoms with Crippen LogP contribution in [0.4, 0.5) is 8.78 Å². The van der Waals surface area contributed by atoms with E-state index in [2.05, 4.69) is 0 Å². The van der Waals surface area contributed by atoms with Gasteiger partial charge in [0.2, 0.25) is 5.82 Å². The highest BCUT2D eigenvalue weighted by Gasteiger charge is 2.11. The number of halogens is 2. The summed E-state index contributed by atoms with van der Waals surface area (Å²) >= 11 is 0. The molecule has 1 unspecified atom stereocenters. The van der Waals surface area contributed by atoms with Gasteiger partial charge in [-0.2, -0.15) is 8.78 Å². The van der Waals surface area contributed by atoms with Crippen molar-refractivity contribution < 1.29 is 13.3 Å². The minimum Gasteiger partial charge on any atom is -0.169 e. The zero-order valence-corrected chi connectivity index (χ0v) is 6.00. The smallest absolute Gasteiger partial charge is 0.169 e. The van der Waals surface area contributed by atoms with Gasteiger partial charge in [0.05, 0.1) is 0 Å². The van der Waals surface area contributed by atoms with E-state index >= 15 is 0 Å². The normalized spacial score (nSPS) is 10.8. The first kappa shape index (κ1) is 8.70. The lowest BCUT2D eigenvalue weighted by molar-refractivity contribution is 0.423. The molecule has 1 nitrogen and oxygen atoms in total. The van der Waals surface area contributed by atoms with Crippen LogP contribution in [0, 0.1) is 0 Å². The molecule has 0 saturated heterocycles. The van der Waals surface area contributed by atoms with Gasteiger partial charge >= 0.3 is 13.9 Å². The van der Waals surface area contributed by atoms with Gasteiger partial charge in [0.15, 0.2) is 6.16 Å². The number of hydrogen-bond acceptors (Lipinski definition) is 1. The molecule has 0 bridgehead atoms. The second-order valence-corrected chi connectivity index (χ2v) is 3.10. The van der Waals surface area contributed by atoms with Crippen LogP contribution in [0.5, 0.6) is 0 Å². The van der Waals surface area contributed by atoms with Gasteiger partial charge in [0, 0.05) is 0 Å². The Morgan fingerprint density at radius 3 is 2.56 bits per heavy atom. The molecule has 0 saturated carbocycles. The van der Waals surface area contributed by atoms with Crippen molar-refractivity contribution in [1.82, 2.24) is 0 Å². The van der Waals surface area contributed by atoms with Crippen LogP contribution < -0.4 is 0 Å². The zero-order valence-electron chi connectivity index (χ0n) is 5.10. The van der Waals surface area contributed by atoms with Gasteiger partial charge in [-0.25, -0.2) is 0 Å². The summed E-state index contributed by atoms with van der Waals surface area (Å²) in [6.45, 7) is 1.80. The number of rotatable bonds is 3. The van der Waals surface area contributed by atoms with Gasteiger partial charge in [-0.15, -0.1) is 0 Å². The van der Waals surface area contributed by atoms with Crippen LogP contribution in [0.25, 0.3) is 0 Å². The highest BCUT2D eigenvalue weighted by molar-refractivity contribution is 7.48. The van der Waals surface area contributed by atoms with Gasteiger partial charge in [-0.1, -0.05) is 11.5 Å². The molecule has 0 aliphatic carbocycles. The highest BCUT2D eigenvalue weighted by atomic mass is 31.1. The van der Waals surface area contributed by atoms with E-state index in [9.17, 15) is 13.3 Å². The quantitative estimate of drug-likeness (QED) is 0.569. The van der Waals surface area contributed by atoms with Crippen molar-refractivity contribution in [3.8, 4) is 0 Å². The van der Waals surface area contributed by atoms with E-state index in [-0.39, 0.29) is 0 Å². The maximum absolute atomic E-state index is 11.3. The fraction of sp³-hybridized carbons (Fsp3) is 0.600. The molecule has 0 aromatic rings. The highest BCUT2D eigenvalue weighted by Crippen LogP contribution is 2.25. The van der Waals surface area contributed by atoms with E-state index in [1.165, 1.54) is 0 Å². The number of hydrogen-bond donors (Lipinski definition) is 0. The summed E-state index contributed by atoms with van der Waals surface area (Å²) in [5.74, 6) is 0.513. The molecule has 0 amide bonds. The summed E-state index contributed by atoms with van der Waals surface area (Å²) in [4.78, 5) is 0. The van der Waals surface area contributed by atoms with Crippen LogP contribution in [-0.2, 0) is 4.57 Å². The molecule has 9 heavy (non-hydrogen) atoms. The maximum Gasteiger partial charge on any atom is 0.374 e. The lowest BCUT2D eigenvalue weighted by Crippen LogP contribution is -1.68. The van der Waals surface area contributed by atoms with E-state index < -0.39 is 13.9 Å². The van der Waals surface area contributed by atoms with Crippen LogP contribution in [0.15, 0.2) is 11.9 Å². The Kier molecular flexibility index (Phi) is 4.41. The Morgan fingerprint density at radius 1 is 1.67 bits per heavy atom. The van der Waals surface area contributed by atoms with Crippen molar-refractivity contribution >= 4 is 7.80 Å². The Balaban J connectivity index is 3.63. The second kappa shape index (κ2) is 4.57. The zero-order chi connectivity index (χ0) is 7.28. The van der Waals surface area contributed by atoms with Crippen LogP contribution in [0.1, 0.15) is 13.3 Å². The molecule has 0 radical (unpaired) electrons. The van der Waals surface area contributed by atoms with Gasteiger partial charge in [-0.3, -0.25) is 0 Å². The Labute approximate surface area is 53.5 Å². The molecule has 0 aliphatic heterocycles. The van der Waals surface area contributed by atoms with Gasteiger partial charge in [0.25, 0.3) is 0 Å². The summed E-state index contributed by atoms with van der Waals surface area (Å²) in [6.07, 6.45) is -0.810. The third-order valence-corrected chi connectivity index (χ3v) is 2.06. The first-order valence-electron chi connectivity index (χ1n) is 2.63. The van der Waals surface area contributed by atoms with Crippen molar-refractivity contribution in [3.63, 3.8) is 0 Å². The molecule has 4 heteroatoms. The summed E-state index contributed by atoms with van der Waals surface area (Å²) < 4.78 is 33.0. The second-order valence-electron chi connectivity index (χ2n) is 1.56. The monoisotopic (exact) mass is 153 g/mol. The third kappa shape index (κ3) is 5.57. The molecule has 0 aromatic heterocycles. The molecule has 0 fully saturated rings. The summed E-state index contributed by atoms with van der Waals surface area (Å²) in [5.41, 5.74) is 0. The van der Waals surface area contributed by atoms with Crippen LogP contribution >= 0.6 is 7.80 Å². The Morgan fingerprint density at radius 2 is 2.22 bits per heavy atom. The topological polar surface area (TPSA) is 17.1 Å². The average Bonchev–Trinajstić information content (AvgIpc) is 1.63. The maximum atomic E-state index is 11.3. The van der Waals surface area contributed by atoms with Crippen molar-refractivity contribution in [1.29, 1.82) is 0 Å². The fourth-order valence-electron chi connectivity index (χ4n) is 0.394. The first-order chi connectivity index (χ1) is 4.16. The minimum absolute atomic E-state index is 0.354. The summed E-state index contributed by atoms with van der Waals surface area (Å²) in [7, 11) is -1.78. The van der Waals surface area contributed by atoms with Crippen molar-refractivity contribution in [2.75, 3.05) is 6.16 Å². The van der Waals surface area contributed by atoms with Crippen molar-refractivity contribution in [2.45, 2.75) is 13.3 Å². The van der Waals surface area contributed by atoms with Crippen LogP contribution in [0.2, 0.25) is 0 Å². The van der Waals surface area contributed by atoms with E-state index in [0.717, 1.165) is 0 Å². The van der Waals surface area contributed by atoms with E-state index in [4.69, 9.17) is 0 Å². The molecule has 0 rings (SSSR count). The summed E-state index contributed by atoms with van der Waals surface area (Å²) in [6, 6.07) is 0. The van der Waals surface area contributed by atoms with Crippen molar-refractivity contribution in [3.05, 3.63) is 11.9 Å². The molecule has 1 atom stereocenters. The summed E-state index contributed by atoms with van der Waals surface area (Å²) in [5, 5.41) is 0. The SMILES string of the molecule is CCC[P+](=O)C=C(F)F. The largest absolute Gasteiger partial charge is 0.374 e. The van der Waals surface area contributed by atoms with Crippen LogP contribution in [-0.4, -0.2) is 6.16 Å². The Bertz CT molecular complexity index is 129. The lowest BCUT2D eigenvalue weighted by Gasteiger charge is -1.73. The van der Waals surface area contributed by atoms with Crippen molar-refractivity contribution in [2.24, 2.45) is 0 Å². The predicted octanol–water partition coefficient (Wildman–Crippen LogP) is 2.96. The van der Waals surface area contributed by atoms with Gasteiger partial charge < -0.3 is 0 Å². The molecule has 0 spiro atoms. The standard InChI is InChI=1S/C5H8F2OP/c1-2-3-9(8)4-5(6)7/h4H,2-3H2,1H3/q+1. The van der Waals surface area contributed by atoms with Gasteiger partial charge in [-0.05, 0) is 6.42 Å². The molecule has 0 N–H and O–H groups in total. The molecule has 0 aliphatic rings. The molecule has 0 heterocycles. The first-order valence-corrected chi connectivity index (χ1v) is 4.14. The van der Waals surface area contributed by atoms with Gasteiger partial charge in [0.1, 0.15) is 0 Å². The average molecular weight is 153 g/mol.